The van der Waals surface area contributed by atoms with Gasteiger partial charge in [-0.3, -0.25) is 19.3 Å². The van der Waals surface area contributed by atoms with Crippen molar-refractivity contribution < 1.29 is 32.7 Å². The third-order valence-electron chi connectivity index (χ3n) is 5.65. The van der Waals surface area contributed by atoms with Gasteiger partial charge in [-0.15, -0.1) is 0 Å². The van der Waals surface area contributed by atoms with Crippen molar-refractivity contribution in [3.05, 3.63) is 98.8 Å². The van der Waals surface area contributed by atoms with Gasteiger partial charge in [-0.25, -0.2) is 9.18 Å². The second-order valence-corrected chi connectivity index (χ2v) is 9.01. The molecular formula is C27H20Cl2FN3O6. The number of esters is 1. The molecule has 2 N–H and O–H groups in total. The third-order valence-corrected chi connectivity index (χ3v) is 6.39. The molecule has 3 aromatic rings. The second kappa shape index (κ2) is 11.5. The van der Waals surface area contributed by atoms with Gasteiger partial charge in [0.2, 0.25) is 0 Å². The maximum atomic E-state index is 13.4. The number of hydrogen-bond donors (Lipinski definition) is 2. The second-order valence-electron chi connectivity index (χ2n) is 8.20. The van der Waals surface area contributed by atoms with Crippen LogP contribution in [0.4, 0.5) is 15.8 Å². The molecule has 0 spiro atoms. The molecule has 39 heavy (non-hydrogen) atoms. The molecule has 2 heterocycles. The van der Waals surface area contributed by atoms with Crippen LogP contribution in [-0.4, -0.2) is 30.8 Å². The van der Waals surface area contributed by atoms with E-state index in [9.17, 15) is 23.6 Å². The van der Waals surface area contributed by atoms with Gasteiger partial charge >= 0.3 is 17.8 Å². The lowest BCUT2D eigenvalue weighted by molar-refractivity contribution is -0.136. The van der Waals surface area contributed by atoms with Gasteiger partial charge in [0.1, 0.15) is 17.3 Å². The topological polar surface area (TPSA) is 118 Å². The summed E-state index contributed by atoms with van der Waals surface area (Å²) in [4.78, 5) is 51.5. The Labute approximate surface area is 231 Å². The minimum absolute atomic E-state index is 0.00890. The smallest absolute Gasteiger partial charge is 0.340 e. The number of halogens is 3. The average Bonchev–Trinajstić information content (AvgIpc) is 3.46. The molecule has 0 unspecified atom stereocenters. The number of carbonyl (C=O) groups is 4. The van der Waals surface area contributed by atoms with Crippen molar-refractivity contribution in [2.75, 3.05) is 17.3 Å². The first-order chi connectivity index (χ1) is 18.6. The molecule has 0 saturated heterocycles. The molecule has 3 amide bonds. The van der Waals surface area contributed by atoms with Crippen molar-refractivity contribution in [2.24, 2.45) is 0 Å². The molecule has 200 valence electrons. The van der Waals surface area contributed by atoms with Crippen molar-refractivity contribution in [3.63, 3.8) is 0 Å². The minimum Gasteiger partial charge on any atom is -0.465 e. The van der Waals surface area contributed by atoms with Crippen molar-refractivity contribution in [3.8, 4) is 0 Å². The standard InChI is InChI=1S/C27H20Cl2FN3O6/c1-14-23(27(37)38-2)20(26(36)33(14)17-6-3-15(30)4-7-17)12-18-8-9-19(39-18)13-31-24(34)25(35)32-16-5-10-21(28)22(29)11-16/h3-12H,13H2,1-2H3,(H,31,34)(H,32,35)/b20-12-. The van der Waals surface area contributed by atoms with E-state index in [-0.39, 0.29) is 39.9 Å². The number of hydrogen-bond acceptors (Lipinski definition) is 6. The van der Waals surface area contributed by atoms with E-state index in [1.54, 1.807) is 6.92 Å². The highest BCUT2D eigenvalue weighted by molar-refractivity contribution is 6.43. The minimum atomic E-state index is -0.928. The first-order valence-corrected chi connectivity index (χ1v) is 12.1. The van der Waals surface area contributed by atoms with Crippen LogP contribution in [0.5, 0.6) is 0 Å². The van der Waals surface area contributed by atoms with E-state index in [0.717, 1.165) is 0 Å². The van der Waals surface area contributed by atoms with Gasteiger partial charge in [0, 0.05) is 17.1 Å². The lowest BCUT2D eigenvalue weighted by Crippen LogP contribution is -2.34. The van der Waals surface area contributed by atoms with E-state index in [2.05, 4.69) is 10.6 Å². The lowest BCUT2D eigenvalue weighted by Gasteiger charge is -2.17. The number of methoxy groups -OCH3 is 1. The van der Waals surface area contributed by atoms with Crippen LogP contribution in [0.2, 0.25) is 10.0 Å². The number of furan rings is 1. The van der Waals surface area contributed by atoms with Crippen molar-refractivity contribution in [1.29, 1.82) is 0 Å². The number of rotatable bonds is 6. The maximum Gasteiger partial charge on any atom is 0.340 e. The average molecular weight is 572 g/mol. The fourth-order valence-corrected chi connectivity index (χ4v) is 4.10. The first kappa shape index (κ1) is 27.6. The zero-order valence-corrected chi connectivity index (χ0v) is 22.0. The van der Waals surface area contributed by atoms with E-state index in [1.807, 2.05) is 0 Å². The monoisotopic (exact) mass is 571 g/mol. The Morgan fingerprint density at radius 2 is 1.74 bits per heavy atom. The summed E-state index contributed by atoms with van der Waals surface area (Å²) in [6.45, 7) is 1.44. The van der Waals surface area contributed by atoms with Crippen LogP contribution in [0.15, 0.2) is 75.9 Å². The molecule has 1 aromatic heterocycles. The summed E-state index contributed by atoms with van der Waals surface area (Å²) in [5.41, 5.74) is 0.992. The Hall–Kier alpha value is -4.41. The Bertz CT molecular complexity index is 1550. The number of nitrogens with zero attached hydrogens (tertiary/aromatic N) is 1. The molecule has 9 nitrogen and oxygen atoms in total. The summed E-state index contributed by atoms with van der Waals surface area (Å²) in [7, 11) is 1.19. The van der Waals surface area contributed by atoms with Crippen LogP contribution in [-0.2, 0) is 30.5 Å². The summed E-state index contributed by atoms with van der Waals surface area (Å²) in [6.07, 6.45) is 1.36. The van der Waals surface area contributed by atoms with Crippen LogP contribution >= 0.6 is 23.2 Å². The number of carbonyl (C=O) groups excluding carboxylic acids is 4. The molecule has 0 radical (unpaired) electrons. The zero-order chi connectivity index (χ0) is 28.3. The normalized spacial score (nSPS) is 14.1. The number of nitrogens with one attached hydrogen (secondary N) is 2. The molecule has 0 atom stereocenters. The molecule has 0 aliphatic carbocycles. The van der Waals surface area contributed by atoms with Gasteiger partial charge < -0.3 is 19.8 Å². The van der Waals surface area contributed by atoms with Gasteiger partial charge in [0.15, 0.2) is 0 Å². The van der Waals surface area contributed by atoms with E-state index >= 15 is 0 Å². The molecule has 1 aliphatic rings. The van der Waals surface area contributed by atoms with Crippen LogP contribution in [0.3, 0.4) is 0 Å². The van der Waals surface area contributed by atoms with E-state index in [1.165, 1.54) is 72.7 Å². The van der Waals surface area contributed by atoms with Crippen molar-refractivity contribution >= 4 is 64.3 Å². The molecule has 0 fully saturated rings. The van der Waals surface area contributed by atoms with Gasteiger partial charge in [0.25, 0.3) is 5.91 Å². The summed E-state index contributed by atoms with van der Waals surface area (Å²) >= 11 is 11.8. The van der Waals surface area contributed by atoms with Crippen molar-refractivity contribution in [1.82, 2.24) is 5.32 Å². The van der Waals surface area contributed by atoms with Gasteiger partial charge in [-0.1, -0.05) is 23.2 Å². The molecule has 0 saturated carbocycles. The van der Waals surface area contributed by atoms with Gasteiger partial charge in [0.05, 0.1) is 34.8 Å². The molecule has 2 aromatic carbocycles. The largest absolute Gasteiger partial charge is 0.465 e. The third kappa shape index (κ3) is 6.02. The predicted octanol–water partition coefficient (Wildman–Crippen LogP) is 4.86. The molecule has 1 aliphatic heterocycles. The number of anilines is 2. The number of allylic oxidation sites excluding steroid dienone is 1. The zero-order valence-electron chi connectivity index (χ0n) is 20.5. The lowest BCUT2D eigenvalue weighted by atomic mass is 10.1. The molecule has 12 heteroatoms. The molecule has 4 rings (SSSR count). The Morgan fingerprint density at radius 1 is 1.03 bits per heavy atom. The summed E-state index contributed by atoms with van der Waals surface area (Å²) < 4.78 is 23.9. The first-order valence-electron chi connectivity index (χ1n) is 11.3. The summed E-state index contributed by atoms with van der Waals surface area (Å²) in [5.74, 6) is -3.11. The Morgan fingerprint density at radius 3 is 2.41 bits per heavy atom. The SMILES string of the molecule is COC(=O)C1=C(C)N(c2ccc(F)cc2)C(=O)/C1=C\c1ccc(CNC(=O)C(=O)Nc2ccc(Cl)c(Cl)c2)o1. The number of amides is 3. The highest BCUT2D eigenvalue weighted by Gasteiger charge is 2.38. The summed E-state index contributed by atoms with van der Waals surface area (Å²) in [5, 5.41) is 5.34. The van der Waals surface area contributed by atoms with Gasteiger partial charge in [-0.2, -0.15) is 0 Å². The quantitative estimate of drug-likeness (QED) is 0.248. The fourth-order valence-electron chi connectivity index (χ4n) is 3.80. The van der Waals surface area contributed by atoms with Crippen LogP contribution < -0.4 is 15.5 Å². The van der Waals surface area contributed by atoms with E-state index in [0.29, 0.717) is 16.4 Å². The maximum absolute atomic E-state index is 13.4. The fraction of sp³-hybridized carbons (Fsp3) is 0.111. The van der Waals surface area contributed by atoms with Crippen LogP contribution in [0.1, 0.15) is 18.4 Å². The highest BCUT2D eigenvalue weighted by Crippen LogP contribution is 2.35. The van der Waals surface area contributed by atoms with Crippen molar-refractivity contribution in [2.45, 2.75) is 13.5 Å². The molecule has 0 bridgehead atoms. The van der Waals surface area contributed by atoms with Gasteiger partial charge in [-0.05, 0) is 67.6 Å². The highest BCUT2D eigenvalue weighted by atomic mass is 35.5. The number of benzene rings is 2. The predicted molar refractivity (Wildman–Crippen MR) is 142 cm³/mol. The van der Waals surface area contributed by atoms with E-state index < -0.39 is 29.5 Å². The van der Waals surface area contributed by atoms with Crippen LogP contribution in [0.25, 0.3) is 6.08 Å². The van der Waals surface area contributed by atoms with E-state index in [4.69, 9.17) is 32.4 Å². The molecular weight excluding hydrogens is 552 g/mol. The Balaban J connectivity index is 1.48. The van der Waals surface area contributed by atoms with Crippen LogP contribution in [0, 0.1) is 5.82 Å². The number of ether oxygens (including phenoxy) is 1. The summed E-state index contributed by atoms with van der Waals surface area (Å²) in [6, 6.07) is 12.7. The Kier molecular flexibility index (Phi) is 8.18.